The third-order valence-electron chi connectivity index (χ3n) is 7.07. The highest BCUT2D eigenvalue weighted by atomic mass is 31.2. The van der Waals surface area contributed by atoms with E-state index in [9.17, 15) is 9.59 Å². The number of nitrogens with zero attached hydrogens (tertiary/aromatic N) is 1. The Kier molecular flexibility index (Phi) is 7.76. The van der Waals surface area contributed by atoms with Crippen molar-refractivity contribution in [3.63, 3.8) is 0 Å². The van der Waals surface area contributed by atoms with Crippen LogP contribution in [0.1, 0.15) is 29.8 Å². The lowest BCUT2D eigenvalue weighted by atomic mass is 9.80. The zero-order valence-corrected chi connectivity index (χ0v) is 22.7. The van der Waals surface area contributed by atoms with E-state index in [1.165, 1.54) is 16.8 Å². The van der Waals surface area contributed by atoms with E-state index in [4.69, 9.17) is 23.0 Å². The molecule has 4 aromatic rings. The molecule has 5 atom stereocenters. The van der Waals surface area contributed by atoms with E-state index < -0.39 is 50.0 Å². The fourth-order valence-corrected chi connectivity index (χ4v) is 6.56. The van der Waals surface area contributed by atoms with Crippen LogP contribution < -0.4 is 11.2 Å². The molecule has 9 nitrogen and oxygen atoms in total. The largest absolute Gasteiger partial charge is 0.358 e. The maximum Gasteiger partial charge on any atom is 0.333 e. The summed E-state index contributed by atoms with van der Waals surface area (Å²) in [6, 6.07) is 31.4. The van der Waals surface area contributed by atoms with Crippen LogP contribution in [0.2, 0.25) is 0 Å². The molecule has 0 aliphatic carbocycles. The molecule has 2 aliphatic heterocycles. The third kappa shape index (κ3) is 4.97. The monoisotopic (exact) mass is 560 g/mol. The Morgan fingerprint density at radius 2 is 1.38 bits per heavy atom. The number of fused-ring (bicyclic) bond motifs is 1. The SMILES string of the molecule is CCOP1O[C@@H]2[C@H](O1)[C@@H](COC(c1ccccc1)(c1ccccc1)c1ccccc1)O[C@H]2n1ccc(=O)[nH]c1=O. The Morgan fingerprint density at radius 3 is 1.90 bits per heavy atom. The number of aromatic amines is 1. The van der Waals surface area contributed by atoms with Gasteiger partial charge in [-0.2, -0.15) is 0 Å². The highest BCUT2D eigenvalue weighted by Gasteiger charge is 2.55. The van der Waals surface area contributed by atoms with Crippen LogP contribution in [-0.2, 0) is 28.6 Å². The van der Waals surface area contributed by atoms with Gasteiger partial charge in [0.1, 0.15) is 23.9 Å². The van der Waals surface area contributed by atoms with Crippen LogP contribution in [0, 0.1) is 0 Å². The number of aromatic nitrogens is 2. The van der Waals surface area contributed by atoms with Crippen molar-refractivity contribution in [2.24, 2.45) is 0 Å². The molecule has 2 fully saturated rings. The molecular weight excluding hydrogens is 531 g/mol. The molecule has 0 saturated carbocycles. The van der Waals surface area contributed by atoms with Crippen molar-refractivity contribution in [3.8, 4) is 0 Å². The van der Waals surface area contributed by atoms with Gasteiger partial charge in [-0.15, -0.1) is 0 Å². The van der Waals surface area contributed by atoms with Gasteiger partial charge in [-0.25, -0.2) is 4.79 Å². The van der Waals surface area contributed by atoms with Crippen molar-refractivity contribution < 1.29 is 23.0 Å². The van der Waals surface area contributed by atoms with Crippen LogP contribution in [0.3, 0.4) is 0 Å². The molecule has 0 amide bonds. The smallest absolute Gasteiger partial charge is 0.333 e. The van der Waals surface area contributed by atoms with Crippen molar-refractivity contribution in [2.75, 3.05) is 13.2 Å². The average molecular weight is 561 g/mol. The quantitative estimate of drug-likeness (QED) is 0.238. The zero-order chi connectivity index (χ0) is 27.5. The molecule has 10 heteroatoms. The normalized spacial score (nSPS) is 24.2. The summed E-state index contributed by atoms with van der Waals surface area (Å²) in [4.78, 5) is 26.7. The molecular formula is C30H29N2O7P. The maximum atomic E-state index is 12.7. The number of hydrogen-bond donors (Lipinski definition) is 1. The summed E-state index contributed by atoms with van der Waals surface area (Å²) >= 11 is 0. The first-order chi connectivity index (χ1) is 19.6. The standard InChI is InChI=1S/C30H29N2O7P/c1-2-36-40-38-26-24(37-28(27(26)39-40)32-19-18-25(33)31-29(32)34)20-35-30(21-12-6-3-7-13-21,22-14-8-4-9-15-22)23-16-10-5-11-17-23/h3-19,24,26-28H,2,20H2,1H3,(H,31,33,34)/t24-,26-,27-,28-,40?/m1/s1. The molecule has 3 heterocycles. The van der Waals surface area contributed by atoms with E-state index in [1.807, 2.05) is 97.9 Å². The number of benzene rings is 3. The number of nitrogens with one attached hydrogen (secondary N) is 1. The van der Waals surface area contributed by atoms with E-state index in [2.05, 4.69) is 4.98 Å². The molecule has 40 heavy (non-hydrogen) atoms. The van der Waals surface area contributed by atoms with Gasteiger partial charge in [0, 0.05) is 12.3 Å². The number of hydrogen-bond acceptors (Lipinski definition) is 7. The second-order valence-corrected chi connectivity index (χ2v) is 10.6. The van der Waals surface area contributed by atoms with E-state index in [1.54, 1.807) is 0 Å². The predicted octanol–water partition coefficient (Wildman–Crippen LogP) is 4.49. The summed E-state index contributed by atoms with van der Waals surface area (Å²) in [5.74, 6) is 0. The van der Waals surface area contributed by atoms with Crippen molar-refractivity contribution in [2.45, 2.75) is 37.1 Å². The Hall–Kier alpha value is -3.43. The van der Waals surface area contributed by atoms with Gasteiger partial charge in [-0.1, -0.05) is 91.0 Å². The van der Waals surface area contributed by atoms with Gasteiger partial charge in [-0.05, 0) is 23.6 Å². The Labute approximate surface area is 232 Å². The lowest BCUT2D eigenvalue weighted by Crippen LogP contribution is -2.39. The summed E-state index contributed by atoms with van der Waals surface area (Å²) in [7, 11) is -1.63. The Balaban J connectivity index is 1.39. The number of ether oxygens (including phenoxy) is 2. The predicted molar refractivity (Wildman–Crippen MR) is 149 cm³/mol. The molecule has 2 aliphatic rings. The van der Waals surface area contributed by atoms with Gasteiger partial charge in [0.15, 0.2) is 6.23 Å². The first-order valence-corrected chi connectivity index (χ1v) is 14.2. The fourth-order valence-electron chi connectivity index (χ4n) is 5.30. The highest BCUT2D eigenvalue weighted by molar-refractivity contribution is 7.42. The summed E-state index contributed by atoms with van der Waals surface area (Å²) in [6.07, 6.45) is -1.22. The van der Waals surface area contributed by atoms with Gasteiger partial charge < -0.3 is 23.0 Å². The van der Waals surface area contributed by atoms with Crippen LogP contribution in [0.15, 0.2) is 113 Å². The first-order valence-electron chi connectivity index (χ1n) is 13.1. The molecule has 0 spiro atoms. The van der Waals surface area contributed by atoms with Gasteiger partial charge in [-0.3, -0.25) is 14.3 Å². The molecule has 0 bridgehead atoms. The Morgan fingerprint density at radius 1 is 0.825 bits per heavy atom. The topological polar surface area (TPSA) is 101 Å². The van der Waals surface area contributed by atoms with Crippen molar-refractivity contribution >= 4 is 8.60 Å². The van der Waals surface area contributed by atoms with Crippen LogP contribution in [0.4, 0.5) is 0 Å². The molecule has 1 aromatic heterocycles. The second kappa shape index (κ2) is 11.6. The van der Waals surface area contributed by atoms with E-state index in [-0.39, 0.29) is 6.61 Å². The summed E-state index contributed by atoms with van der Waals surface area (Å²) < 4.78 is 32.6. The van der Waals surface area contributed by atoms with Crippen molar-refractivity contribution in [1.82, 2.24) is 9.55 Å². The Bertz CT molecular complexity index is 1430. The van der Waals surface area contributed by atoms with Gasteiger partial charge >= 0.3 is 14.3 Å². The minimum atomic E-state index is -1.63. The molecule has 1 N–H and O–H groups in total. The van der Waals surface area contributed by atoms with Gasteiger partial charge in [0.05, 0.1) is 13.2 Å². The average Bonchev–Trinajstić information content (AvgIpc) is 3.55. The molecule has 3 aromatic carbocycles. The van der Waals surface area contributed by atoms with Crippen LogP contribution >= 0.6 is 8.60 Å². The fraction of sp³-hybridized carbons (Fsp3) is 0.267. The highest BCUT2D eigenvalue weighted by Crippen LogP contribution is 2.56. The molecule has 6 rings (SSSR count). The van der Waals surface area contributed by atoms with E-state index in [0.717, 1.165) is 16.7 Å². The van der Waals surface area contributed by atoms with Crippen molar-refractivity contribution in [3.05, 3.63) is 141 Å². The maximum absolute atomic E-state index is 12.7. The number of H-pyrrole nitrogens is 1. The van der Waals surface area contributed by atoms with Crippen LogP contribution in [0.5, 0.6) is 0 Å². The summed E-state index contributed by atoms with van der Waals surface area (Å²) in [5.41, 5.74) is 0.816. The summed E-state index contributed by atoms with van der Waals surface area (Å²) in [5, 5.41) is 0. The minimum absolute atomic E-state index is 0.118. The second-order valence-electron chi connectivity index (χ2n) is 9.45. The van der Waals surface area contributed by atoms with E-state index >= 15 is 0 Å². The molecule has 206 valence electrons. The van der Waals surface area contributed by atoms with Crippen LogP contribution in [-0.4, -0.2) is 41.1 Å². The first kappa shape index (κ1) is 26.8. The minimum Gasteiger partial charge on any atom is -0.358 e. The summed E-state index contributed by atoms with van der Waals surface area (Å²) in [6.45, 7) is 2.39. The third-order valence-corrected chi connectivity index (χ3v) is 8.37. The van der Waals surface area contributed by atoms with Gasteiger partial charge in [0.25, 0.3) is 5.56 Å². The zero-order valence-electron chi connectivity index (χ0n) is 21.8. The lowest BCUT2D eigenvalue weighted by Gasteiger charge is -2.37. The van der Waals surface area contributed by atoms with Crippen LogP contribution in [0.25, 0.3) is 0 Å². The van der Waals surface area contributed by atoms with Crippen molar-refractivity contribution in [1.29, 1.82) is 0 Å². The molecule has 2 saturated heterocycles. The molecule has 1 unspecified atom stereocenters. The van der Waals surface area contributed by atoms with Gasteiger partial charge in [0.2, 0.25) is 0 Å². The lowest BCUT2D eigenvalue weighted by molar-refractivity contribution is -0.0986. The number of rotatable bonds is 9. The van der Waals surface area contributed by atoms with E-state index in [0.29, 0.717) is 6.61 Å². The molecule has 0 radical (unpaired) electrons.